The van der Waals surface area contributed by atoms with Gasteiger partial charge < -0.3 is 10.5 Å². The molecule has 3 heteroatoms. The van der Waals surface area contributed by atoms with Gasteiger partial charge in [-0.2, -0.15) is 0 Å². The summed E-state index contributed by atoms with van der Waals surface area (Å²) in [7, 11) is 1.69. The first kappa shape index (κ1) is 13.1. The highest BCUT2D eigenvalue weighted by molar-refractivity contribution is 7.09. The van der Waals surface area contributed by atoms with Crippen LogP contribution in [0.1, 0.15) is 28.5 Å². The van der Waals surface area contributed by atoms with Gasteiger partial charge >= 0.3 is 0 Å². The van der Waals surface area contributed by atoms with Gasteiger partial charge in [0.25, 0.3) is 0 Å². The number of benzene rings is 1. The molecule has 0 amide bonds. The summed E-state index contributed by atoms with van der Waals surface area (Å²) in [6, 6.07) is 10.4. The molecular weight excluding hydrogens is 242 g/mol. The van der Waals surface area contributed by atoms with Crippen molar-refractivity contribution in [3.8, 4) is 5.75 Å². The Bertz CT molecular complexity index is 493. The fourth-order valence-corrected chi connectivity index (χ4v) is 2.78. The van der Waals surface area contributed by atoms with Crippen LogP contribution in [0.5, 0.6) is 5.75 Å². The van der Waals surface area contributed by atoms with Crippen LogP contribution >= 0.6 is 11.3 Å². The van der Waals surface area contributed by atoms with Gasteiger partial charge in [0.05, 0.1) is 7.11 Å². The van der Waals surface area contributed by atoms with E-state index in [1.54, 1.807) is 18.4 Å². The molecule has 0 fully saturated rings. The van der Waals surface area contributed by atoms with Gasteiger partial charge in [0, 0.05) is 16.5 Å². The lowest BCUT2D eigenvalue weighted by atomic mass is 9.99. The van der Waals surface area contributed by atoms with Crippen LogP contribution in [0.25, 0.3) is 0 Å². The summed E-state index contributed by atoms with van der Waals surface area (Å²) in [5.41, 5.74) is 8.61. The van der Waals surface area contributed by atoms with E-state index in [4.69, 9.17) is 10.5 Å². The molecule has 2 aromatic rings. The Morgan fingerprint density at radius 1 is 1.33 bits per heavy atom. The molecule has 1 heterocycles. The topological polar surface area (TPSA) is 35.2 Å². The number of nitrogens with two attached hydrogens (primary N) is 1. The van der Waals surface area contributed by atoms with E-state index in [1.807, 2.05) is 12.1 Å². The largest absolute Gasteiger partial charge is 0.496 e. The number of aryl methyl sites for hydroxylation is 2. The van der Waals surface area contributed by atoms with Crippen molar-refractivity contribution in [3.05, 3.63) is 51.7 Å². The standard InChI is InChI=1S/C15H19NOS/c1-11-5-8-15(17-2)13(10-11)14(16)7-6-12-4-3-9-18-12/h3-5,8-10,14H,6-7,16H2,1-2H3. The molecule has 1 atom stereocenters. The zero-order chi connectivity index (χ0) is 13.0. The minimum Gasteiger partial charge on any atom is -0.496 e. The Morgan fingerprint density at radius 3 is 2.83 bits per heavy atom. The molecule has 0 saturated carbocycles. The molecular formula is C15H19NOS. The summed E-state index contributed by atoms with van der Waals surface area (Å²) in [6.07, 6.45) is 1.97. The van der Waals surface area contributed by atoms with Crippen LogP contribution in [-0.2, 0) is 6.42 Å². The van der Waals surface area contributed by atoms with Crippen molar-refractivity contribution in [3.63, 3.8) is 0 Å². The second-order valence-corrected chi connectivity index (χ2v) is 5.50. The van der Waals surface area contributed by atoms with Gasteiger partial charge in [-0.25, -0.2) is 0 Å². The summed E-state index contributed by atoms with van der Waals surface area (Å²) >= 11 is 1.79. The molecule has 1 aromatic carbocycles. The van der Waals surface area contributed by atoms with Gasteiger partial charge in [-0.3, -0.25) is 0 Å². The highest BCUT2D eigenvalue weighted by Crippen LogP contribution is 2.28. The van der Waals surface area contributed by atoms with Crippen LogP contribution < -0.4 is 10.5 Å². The van der Waals surface area contributed by atoms with Crippen LogP contribution in [0.3, 0.4) is 0 Å². The first-order valence-corrected chi connectivity index (χ1v) is 7.01. The first-order chi connectivity index (χ1) is 8.70. The predicted octanol–water partition coefficient (Wildman–Crippen LogP) is 3.70. The van der Waals surface area contributed by atoms with Gasteiger partial charge in [-0.05, 0) is 37.3 Å². The van der Waals surface area contributed by atoms with Crippen molar-refractivity contribution in [2.45, 2.75) is 25.8 Å². The molecule has 2 rings (SSSR count). The maximum absolute atomic E-state index is 6.28. The molecule has 1 aromatic heterocycles. The van der Waals surface area contributed by atoms with E-state index >= 15 is 0 Å². The van der Waals surface area contributed by atoms with Crippen molar-refractivity contribution >= 4 is 11.3 Å². The van der Waals surface area contributed by atoms with Crippen LogP contribution in [0, 0.1) is 6.92 Å². The Labute approximate surface area is 112 Å². The molecule has 0 spiro atoms. The molecule has 1 unspecified atom stereocenters. The van der Waals surface area contributed by atoms with E-state index in [9.17, 15) is 0 Å². The molecule has 0 saturated heterocycles. The molecule has 0 radical (unpaired) electrons. The van der Waals surface area contributed by atoms with Crippen molar-refractivity contribution in [1.82, 2.24) is 0 Å². The number of ether oxygens (including phenoxy) is 1. The SMILES string of the molecule is COc1ccc(C)cc1C(N)CCc1cccs1. The first-order valence-electron chi connectivity index (χ1n) is 6.13. The van der Waals surface area contributed by atoms with E-state index in [-0.39, 0.29) is 6.04 Å². The molecule has 0 aliphatic carbocycles. The van der Waals surface area contributed by atoms with E-state index in [0.717, 1.165) is 24.2 Å². The smallest absolute Gasteiger partial charge is 0.123 e. The fraction of sp³-hybridized carbons (Fsp3) is 0.333. The van der Waals surface area contributed by atoms with Crippen molar-refractivity contribution < 1.29 is 4.74 Å². The Balaban J connectivity index is 2.08. The van der Waals surface area contributed by atoms with E-state index in [0.29, 0.717) is 0 Å². The van der Waals surface area contributed by atoms with Crippen LogP contribution in [0.4, 0.5) is 0 Å². The normalized spacial score (nSPS) is 12.4. The summed E-state index contributed by atoms with van der Waals surface area (Å²) in [5, 5.41) is 2.11. The highest BCUT2D eigenvalue weighted by atomic mass is 32.1. The Morgan fingerprint density at radius 2 is 2.17 bits per heavy atom. The molecule has 96 valence electrons. The van der Waals surface area contributed by atoms with Gasteiger partial charge in [0.15, 0.2) is 0 Å². The molecule has 0 bridgehead atoms. The molecule has 2 N–H and O–H groups in total. The third-order valence-electron chi connectivity index (χ3n) is 3.07. The number of hydrogen-bond donors (Lipinski definition) is 1. The van der Waals surface area contributed by atoms with Crippen molar-refractivity contribution in [2.75, 3.05) is 7.11 Å². The molecule has 0 aliphatic rings. The van der Waals surface area contributed by atoms with Crippen LogP contribution in [0.15, 0.2) is 35.7 Å². The quantitative estimate of drug-likeness (QED) is 0.890. The van der Waals surface area contributed by atoms with E-state index in [2.05, 4.69) is 30.5 Å². The average Bonchev–Trinajstić information content (AvgIpc) is 2.89. The Kier molecular flexibility index (Phi) is 4.39. The monoisotopic (exact) mass is 261 g/mol. The summed E-state index contributed by atoms with van der Waals surface area (Å²) in [6.45, 7) is 2.08. The third kappa shape index (κ3) is 3.12. The second-order valence-electron chi connectivity index (χ2n) is 4.47. The predicted molar refractivity (Wildman–Crippen MR) is 77.3 cm³/mol. The maximum atomic E-state index is 6.28. The molecule has 2 nitrogen and oxygen atoms in total. The van der Waals surface area contributed by atoms with Gasteiger partial charge in [-0.15, -0.1) is 11.3 Å². The maximum Gasteiger partial charge on any atom is 0.123 e. The minimum absolute atomic E-state index is 0.0296. The summed E-state index contributed by atoms with van der Waals surface area (Å²) in [5.74, 6) is 0.888. The van der Waals surface area contributed by atoms with Crippen molar-refractivity contribution in [1.29, 1.82) is 0 Å². The fourth-order valence-electron chi connectivity index (χ4n) is 2.05. The zero-order valence-corrected chi connectivity index (χ0v) is 11.7. The van der Waals surface area contributed by atoms with Gasteiger partial charge in [-0.1, -0.05) is 23.8 Å². The summed E-state index contributed by atoms with van der Waals surface area (Å²) in [4.78, 5) is 1.39. The second kappa shape index (κ2) is 6.03. The lowest BCUT2D eigenvalue weighted by Gasteiger charge is -2.16. The third-order valence-corrected chi connectivity index (χ3v) is 4.00. The lowest BCUT2D eigenvalue weighted by Crippen LogP contribution is -2.12. The lowest BCUT2D eigenvalue weighted by molar-refractivity contribution is 0.404. The van der Waals surface area contributed by atoms with Gasteiger partial charge in [0.1, 0.15) is 5.75 Å². The summed E-state index contributed by atoms with van der Waals surface area (Å²) < 4.78 is 5.38. The number of methoxy groups -OCH3 is 1. The molecule has 0 aliphatic heterocycles. The number of hydrogen-bond acceptors (Lipinski definition) is 3. The minimum atomic E-state index is 0.0296. The highest BCUT2D eigenvalue weighted by Gasteiger charge is 2.12. The Hall–Kier alpha value is -1.32. The van der Waals surface area contributed by atoms with E-state index < -0.39 is 0 Å². The zero-order valence-electron chi connectivity index (χ0n) is 10.8. The van der Waals surface area contributed by atoms with E-state index in [1.165, 1.54) is 10.4 Å². The molecule has 18 heavy (non-hydrogen) atoms. The van der Waals surface area contributed by atoms with Gasteiger partial charge in [0.2, 0.25) is 0 Å². The number of rotatable bonds is 5. The number of thiophene rings is 1. The van der Waals surface area contributed by atoms with Crippen molar-refractivity contribution in [2.24, 2.45) is 5.73 Å². The van der Waals surface area contributed by atoms with Crippen LogP contribution in [-0.4, -0.2) is 7.11 Å². The van der Waals surface area contributed by atoms with Crippen LogP contribution in [0.2, 0.25) is 0 Å². The average molecular weight is 261 g/mol.